The first-order valence-electron chi connectivity index (χ1n) is 6.23. The van der Waals surface area contributed by atoms with Crippen LogP contribution in [0.15, 0.2) is 53.1 Å². The van der Waals surface area contributed by atoms with Crippen LogP contribution in [0.3, 0.4) is 0 Å². The van der Waals surface area contributed by atoms with Gasteiger partial charge in [0.1, 0.15) is 11.4 Å². The molecule has 0 spiro atoms. The maximum absolute atomic E-state index is 12.5. The molecule has 0 amide bonds. The maximum atomic E-state index is 12.5. The number of furan rings is 1. The van der Waals surface area contributed by atoms with Crippen molar-refractivity contribution in [1.82, 2.24) is 0 Å². The van der Waals surface area contributed by atoms with Crippen LogP contribution in [0, 0.1) is 0 Å². The molecule has 0 saturated heterocycles. The highest BCUT2D eigenvalue weighted by atomic mass is 31.2. The van der Waals surface area contributed by atoms with E-state index in [2.05, 4.69) is 0 Å². The molecule has 0 fully saturated rings. The van der Waals surface area contributed by atoms with Gasteiger partial charge in [0.05, 0.1) is 6.26 Å². The number of hydrogen-bond donors (Lipinski definition) is 3. The molecule has 6 nitrogen and oxygen atoms in total. The van der Waals surface area contributed by atoms with Crippen molar-refractivity contribution in [3.05, 3.63) is 60.1 Å². The summed E-state index contributed by atoms with van der Waals surface area (Å²) in [6, 6.07) is 10.9. The Morgan fingerprint density at radius 3 is 2.38 bits per heavy atom. The number of aliphatic hydroxyl groups excluding tert-OH is 1. The zero-order valence-electron chi connectivity index (χ0n) is 11.0. The van der Waals surface area contributed by atoms with Crippen LogP contribution in [-0.4, -0.2) is 26.7 Å². The first-order chi connectivity index (χ1) is 9.93. The molecule has 0 aliphatic heterocycles. The average Bonchev–Trinajstić information content (AvgIpc) is 2.97. The number of aliphatic carboxylic acids is 1. The molecule has 3 atom stereocenters. The van der Waals surface area contributed by atoms with Gasteiger partial charge in [-0.3, -0.25) is 9.36 Å². The van der Waals surface area contributed by atoms with Crippen molar-refractivity contribution >= 4 is 13.3 Å². The van der Waals surface area contributed by atoms with E-state index in [0.29, 0.717) is 0 Å². The predicted octanol–water partition coefficient (Wildman–Crippen LogP) is 2.24. The van der Waals surface area contributed by atoms with Gasteiger partial charge in [0.15, 0.2) is 5.85 Å². The Labute approximate surface area is 121 Å². The van der Waals surface area contributed by atoms with E-state index in [1.807, 2.05) is 0 Å². The molecule has 2 aromatic rings. The minimum Gasteiger partial charge on any atom is -0.481 e. The van der Waals surface area contributed by atoms with Crippen molar-refractivity contribution in [2.24, 2.45) is 0 Å². The summed E-state index contributed by atoms with van der Waals surface area (Å²) in [5, 5.41) is 19.3. The summed E-state index contributed by atoms with van der Waals surface area (Å²) in [4.78, 5) is 21.5. The largest absolute Gasteiger partial charge is 0.481 e. The van der Waals surface area contributed by atoms with Crippen LogP contribution in [0.4, 0.5) is 0 Å². The third kappa shape index (κ3) is 3.42. The Kier molecular flexibility index (Phi) is 4.63. The Hall–Kier alpha value is -1.88. The highest BCUT2D eigenvalue weighted by Gasteiger charge is 2.44. The van der Waals surface area contributed by atoms with E-state index >= 15 is 0 Å². The van der Waals surface area contributed by atoms with Gasteiger partial charge in [-0.15, -0.1) is 0 Å². The third-order valence-electron chi connectivity index (χ3n) is 3.15. The number of carboxylic acid groups (broad SMARTS) is 1. The summed E-state index contributed by atoms with van der Waals surface area (Å²) in [5.74, 6) is -2.93. The molecular formula is C14H15O6P. The Balaban J connectivity index is 2.29. The predicted molar refractivity (Wildman–Crippen MR) is 75.1 cm³/mol. The van der Waals surface area contributed by atoms with Gasteiger partial charge in [-0.1, -0.05) is 30.3 Å². The molecule has 0 radical (unpaired) electrons. The second kappa shape index (κ2) is 6.26. The van der Waals surface area contributed by atoms with E-state index in [4.69, 9.17) is 4.42 Å². The highest BCUT2D eigenvalue weighted by Crippen LogP contribution is 2.58. The fraction of sp³-hybridized carbons (Fsp3) is 0.214. The van der Waals surface area contributed by atoms with E-state index in [0.717, 1.165) is 0 Å². The van der Waals surface area contributed by atoms with E-state index in [1.54, 1.807) is 24.3 Å². The van der Waals surface area contributed by atoms with Crippen LogP contribution in [-0.2, 0) is 15.8 Å². The van der Waals surface area contributed by atoms with Gasteiger partial charge in [0, 0.05) is 6.42 Å². The standard InChI is InChI=1S/C14H15O6P/c15-13(16)12(9-11-7-4-8-20-11)21(18,19)14(17)10-5-2-1-3-6-10/h1-8,12,14,17H,9H2,(H,15,16)(H,18,19). The zero-order chi connectivity index (χ0) is 15.5. The van der Waals surface area contributed by atoms with Crippen LogP contribution in [0.25, 0.3) is 0 Å². The maximum Gasteiger partial charge on any atom is 0.316 e. The summed E-state index contributed by atoms with van der Waals surface area (Å²) < 4.78 is 17.5. The van der Waals surface area contributed by atoms with Crippen LogP contribution >= 0.6 is 7.37 Å². The molecule has 1 aromatic heterocycles. The second-order valence-electron chi connectivity index (χ2n) is 4.59. The summed E-state index contributed by atoms with van der Waals surface area (Å²) in [7, 11) is -4.42. The zero-order valence-corrected chi connectivity index (χ0v) is 11.9. The number of hydrogen-bond acceptors (Lipinski definition) is 4. The third-order valence-corrected chi connectivity index (χ3v) is 5.45. The Morgan fingerprint density at radius 2 is 1.86 bits per heavy atom. The van der Waals surface area contributed by atoms with E-state index < -0.39 is 24.8 Å². The van der Waals surface area contributed by atoms with E-state index in [1.165, 1.54) is 24.5 Å². The lowest BCUT2D eigenvalue weighted by Gasteiger charge is -2.23. The van der Waals surface area contributed by atoms with Gasteiger partial charge < -0.3 is 19.5 Å². The van der Waals surface area contributed by atoms with Gasteiger partial charge >= 0.3 is 5.97 Å². The van der Waals surface area contributed by atoms with Crippen molar-refractivity contribution in [2.75, 3.05) is 0 Å². The fourth-order valence-corrected chi connectivity index (χ4v) is 3.70. The van der Waals surface area contributed by atoms with Gasteiger partial charge in [0.2, 0.25) is 7.37 Å². The molecule has 0 aliphatic carbocycles. The molecule has 0 aliphatic rings. The molecule has 3 N–H and O–H groups in total. The van der Waals surface area contributed by atoms with Crippen molar-refractivity contribution in [3.63, 3.8) is 0 Å². The lowest BCUT2D eigenvalue weighted by molar-refractivity contribution is -0.136. The minimum absolute atomic E-state index is 0.203. The molecule has 21 heavy (non-hydrogen) atoms. The minimum atomic E-state index is -4.42. The van der Waals surface area contributed by atoms with E-state index in [9.17, 15) is 24.5 Å². The van der Waals surface area contributed by atoms with Gasteiger partial charge in [0.25, 0.3) is 0 Å². The van der Waals surface area contributed by atoms with Crippen LogP contribution in [0.2, 0.25) is 0 Å². The highest BCUT2D eigenvalue weighted by molar-refractivity contribution is 7.59. The number of carbonyl (C=O) groups is 1. The van der Waals surface area contributed by atoms with Crippen LogP contribution in [0.1, 0.15) is 17.2 Å². The summed E-state index contributed by atoms with van der Waals surface area (Å²) in [5.41, 5.74) is -1.44. The first-order valence-corrected chi connectivity index (χ1v) is 8.03. The second-order valence-corrected chi connectivity index (χ2v) is 7.05. The number of benzene rings is 1. The first kappa shape index (κ1) is 15.5. The summed E-state index contributed by atoms with van der Waals surface area (Å²) in [6.45, 7) is 0. The molecule has 1 aromatic carbocycles. The molecule has 2 rings (SSSR count). The Bertz CT molecular complexity index is 637. The van der Waals surface area contributed by atoms with Gasteiger partial charge in [-0.05, 0) is 17.7 Å². The lowest BCUT2D eigenvalue weighted by atomic mass is 10.2. The average molecular weight is 310 g/mol. The molecule has 3 unspecified atom stereocenters. The smallest absolute Gasteiger partial charge is 0.316 e. The molecule has 112 valence electrons. The fourth-order valence-electron chi connectivity index (χ4n) is 2.00. The molecule has 7 heteroatoms. The number of carboxylic acids is 1. The normalized spacial score (nSPS) is 16.9. The van der Waals surface area contributed by atoms with Crippen molar-refractivity contribution in [3.8, 4) is 0 Å². The molecular weight excluding hydrogens is 295 g/mol. The van der Waals surface area contributed by atoms with Crippen molar-refractivity contribution in [1.29, 1.82) is 0 Å². The monoisotopic (exact) mass is 310 g/mol. The topological polar surface area (TPSA) is 108 Å². The molecule has 0 bridgehead atoms. The quantitative estimate of drug-likeness (QED) is 0.706. The summed E-state index contributed by atoms with van der Waals surface area (Å²) >= 11 is 0. The molecule has 1 heterocycles. The number of aliphatic hydroxyl groups is 1. The van der Waals surface area contributed by atoms with Crippen molar-refractivity contribution < 1.29 is 28.9 Å². The van der Waals surface area contributed by atoms with Gasteiger partial charge in [-0.25, -0.2) is 0 Å². The SMILES string of the molecule is O=C(O)C(Cc1ccco1)P(=O)(O)C(O)c1ccccc1. The van der Waals surface area contributed by atoms with Crippen LogP contribution in [0.5, 0.6) is 0 Å². The van der Waals surface area contributed by atoms with E-state index in [-0.39, 0.29) is 17.7 Å². The Morgan fingerprint density at radius 1 is 1.19 bits per heavy atom. The summed E-state index contributed by atoms with van der Waals surface area (Å²) in [6.07, 6.45) is 1.09. The molecule has 0 saturated carbocycles. The van der Waals surface area contributed by atoms with Crippen LogP contribution < -0.4 is 0 Å². The lowest BCUT2D eigenvalue weighted by Crippen LogP contribution is -2.25. The van der Waals surface area contributed by atoms with Gasteiger partial charge in [-0.2, -0.15) is 0 Å². The number of rotatable bonds is 6. The van der Waals surface area contributed by atoms with Crippen molar-refractivity contribution in [2.45, 2.75) is 17.9 Å².